The molecule has 116 valence electrons. The molecule has 2 rings (SSSR count). The molecule has 0 radical (unpaired) electrons. The number of halogens is 1. The van der Waals surface area contributed by atoms with Gasteiger partial charge in [-0.25, -0.2) is 9.78 Å². The van der Waals surface area contributed by atoms with Crippen molar-refractivity contribution >= 4 is 17.7 Å². The Morgan fingerprint density at radius 3 is 2.81 bits per heavy atom. The molecule has 0 N–H and O–H groups in total. The van der Waals surface area contributed by atoms with Crippen molar-refractivity contribution in [1.82, 2.24) is 14.9 Å². The third-order valence-corrected chi connectivity index (χ3v) is 3.34. The van der Waals surface area contributed by atoms with Gasteiger partial charge < -0.3 is 14.4 Å². The van der Waals surface area contributed by atoms with E-state index in [0.29, 0.717) is 24.7 Å². The molecule has 21 heavy (non-hydrogen) atoms. The Labute approximate surface area is 129 Å². The molecule has 1 amide bonds. The zero-order valence-corrected chi connectivity index (χ0v) is 13.5. The lowest BCUT2D eigenvalue weighted by Crippen LogP contribution is -2.36. The average molecular weight is 314 g/mol. The van der Waals surface area contributed by atoms with Crippen molar-refractivity contribution in [3.63, 3.8) is 0 Å². The molecule has 7 heteroatoms. The van der Waals surface area contributed by atoms with E-state index < -0.39 is 5.60 Å². The van der Waals surface area contributed by atoms with Crippen molar-refractivity contribution in [2.45, 2.75) is 45.8 Å². The molecular weight excluding hydrogens is 294 g/mol. The summed E-state index contributed by atoms with van der Waals surface area (Å²) in [5, 5.41) is 0.377. The van der Waals surface area contributed by atoms with E-state index in [1.807, 2.05) is 27.7 Å². The first-order valence-electron chi connectivity index (χ1n) is 6.88. The van der Waals surface area contributed by atoms with Crippen LogP contribution in [-0.4, -0.2) is 45.8 Å². The molecule has 0 unspecified atom stereocenters. The second kappa shape index (κ2) is 6.05. The van der Waals surface area contributed by atoms with E-state index in [9.17, 15) is 4.79 Å². The molecule has 1 saturated heterocycles. The highest BCUT2D eigenvalue weighted by molar-refractivity contribution is 6.30. The minimum Gasteiger partial charge on any atom is -0.458 e. The van der Waals surface area contributed by atoms with Crippen molar-refractivity contribution in [3.05, 3.63) is 16.9 Å². The van der Waals surface area contributed by atoms with Gasteiger partial charge in [-0.15, -0.1) is 0 Å². The third-order valence-electron chi connectivity index (χ3n) is 2.96. The van der Waals surface area contributed by atoms with Gasteiger partial charge >= 0.3 is 12.1 Å². The maximum absolute atomic E-state index is 12.0. The van der Waals surface area contributed by atoms with Gasteiger partial charge in [0.05, 0.1) is 6.54 Å². The molecule has 1 aromatic rings. The van der Waals surface area contributed by atoms with Crippen LogP contribution >= 0.6 is 11.6 Å². The molecule has 0 spiro atoms. The SMILES string of the molecule is Cc1cnc(O[C@@H]2CCN(C(=O)OC(C)(C)C)C2)nc1Cl. The second-order valence-electron chi connectivity index (χ2n) is 6.08. The molecule has 1 atom stereocenters. The number of hydrogen-bond donors (Lipinski definition) is 0. The summed E-state index contributed by atoms with van der Waals surface area (Å²) >= 11 is 5.94. The Bertz CT molecular complexity index is 531. The van der Waals surface area contributed by atoms with Gasteiger partial charge in [-0.3, -0.25) is 0 Å². The Kier molecular flexibility index (Phi) is 4.56. The van der Waals surface area contributed by atoms with Crippen molar-refractivity contribution in [1.29, 1.82) is 0 Å². The molecule has 0 bridgehead atoms. The Hall–Kier alpha value is -1.56. The van der Waals surface area contributed by atoms with Gasteiger partial charge in [0.25, 0.3) is 0 Å². The van der Waals surface area contributed by atoms with Crippen LogP contribution in [0, 0.1) is 6.92 Å². The Morgan fingerprint density at radius 1 is 1.48 bits per heavy atom. The van der Waals surface area contributed by atoms with Gasteiger partial charge in [0.1, 0.15) is 16.9 Å². The van der Waals surface area contributed by atoms with Crippen LogP contribution in [0.5, 0.6) is 6.01 Å². The number of hydrogen-bond acceptors (Lipinski definition) is 5. The summed E-state index contributed by atoms with van der Waals surface area (Å²) in [5.41, 5.74) is 0.301. The van der Waals surface area contributed by atoms with Crippen LogP contribution in [0.1, 0.15) is 32.8 Å². The highest BCUT2D eigenvalue weighted by Crippen LogP contribution is 2.20. The number of rotatable bonds is 2. The van der Waals surface area contributed by atoms with Crippen molar-refractivity contribution in [3.8, 4) is 6.01 Å². The largest absolute Gasteiger partial charge is 0.458 e. The van der Waals surface area contributed by atoms with Crippen LogP contribution in [0.2, 0.25) is 5.15 Å². The minimum absolute atomic E-state index is 0.142. The topological polar surface area (TPSA) is 64.5 Å². The van der Waals surface area contributed by atoms with E-state index in [1.165, 1.54) is 0 Å². The van der Waals surface area contributed by atoms with Crippen LogP contribution < -0.4 is 4.74 Å². The van der Waals surface area contributed by atoms with Crippen LogP contribution in [0.15, 0.2) is 6.20 Å². The molecule has 1 aliphatic rings. The van der Waals surface area contributed by atoms with Crippen LogP contribution in [0.3, 0.4) is 0 Å². The lowest BCUT2D eigenvalue weighted by atomic mass is 10.2. The number of nitrogens with zero attached hydrogens (tertiary/aromatic N) is 3. The number of carbonyl (C=O) groups is 1. The predicted molar refractivity (Wildman–Crippen MR) is 78.6 cm³/mol. The summed E-state index contributed by atoms with van der Waals surface area (Å²) in [6.45, 7) is 8.42. The smallest absolute Gasteiger partial charge is 0.410 e. The summed E-state index contributed by atoms with van der Waals surface area (Å²) in [5.74, 6) is 0. The van der Waals surface area contributed by atoms with E-state index in [0.717, 1.165) is 5.56 Å². The quantitative estimate of drug-likeness (QED) is 0.786. The maximum Gasteiger partial charge on any atom is 0.410 e. The standard InChI is InChI=1S/C14H20ClN3O3/c1-9-7-16-12(17-11(9)15)20-10-5-6-18(8-10)13(19)21-14(2,3)4/h7,10H,5-6,8H2,1-4H3/t10-/m1/s1. The molecule has 0 aromatic carbocycles. The number of aryl methyl sites for hydroxylation is 1. The third kappa shape index (κ3) is 4.46. The van der Waals surface area contributed by atoms with E-state index in [4.69, 9.17) is 21.1 Å². The highest BCUT2D eigenvalue weighted by Gasteiger charge is 2.31. The van der Waals surface area contributed by atoms with Gasteiger partial charge in [0.2, 0.25) is 0 Å². The molecule has 6 nitrogen and oxygen atoms in total. The van der Waals surface area contributed by atoms with E-state index >= 15 is 0 Å². The van der Waals surface area contributed by atoms with Gasteiger partial charge in [-0.05, 0) is 27.7 Å². The second-order valence-corrected chi connectivity index (χ2v) is 6.44. The van der Waals surface area contributed by atoms with E-state index in [2.05, 4.69) is 9.97 Å². The van der Waals surface area contributed by atoms with Crippen LogP contribution in [0.4, 0.5) is 4.79 Å². The van der Waals surface area contributed by atoms with Crippen LogP contribution in [0.25, 0.3) is 0 Å². The molecular formula is C14H20ClN3O3. The molecule has 1 fully saturated rings. The number of amides is 1. The molecule has 1 aliphatic heterocycles. The van der Waals surface area contributed by atoms with Crippen LogP contribution in [-0.2, 0) is 4.74 Å². The number of ether oxygens (including phenoxy) is 2. The zero-order chi connectivity index (χ0) is 15.6. The van der Waals surface area contributed by atoms with Gasteiger partial charge in [0, 0.05) is 24.7 Å². The van der Waals surface area contributed by atoms with Crippen molar-refractivity contribution < 1.29 is 14.3 Å². The maximum atomic E-state index is 12.0. The first-order valence-corrected chi connectivity index (χ1v) is 7.26. The fourth-order valence-corrected chi connectivity index (χ4v) is 2.05. The summed E-state index contributed by atoms with van der Waals surface area (Å²) in [7, 11) is 0. The average Bonchev–Trinajstić information content (AvgIpc) is 2.80. The molecule has 0 saturated carbocycles. The molecule has 0 aliphatic carbocycles. The zero-order valence-electron chi connectivity index (χ0n) is 12.7. The van der Waals surface area contributed by atoms with Gasteiger partial charge in [0.15, 0.2) is 0 Å². The summed E-state index contributed by atoms with van der Waals surface area (Å²) in [6, 6.07) is 0.238. The van der Waals surface area contributed by atoms with E-state index in [1.54, 1.807) is 11.1 Å². The lowest BCUT2D eigenvalue weighted by molar-refractivity contribution is 0.0274. The molecule has 2 heterocycles. The van der Waals surface area contributed by atoms with Crippen molar-refractivity contribution in [2.24, 2.45) is 0 Å². The monoisotopic (exact) mass is 313 g/mol. The molecule has 1 aromatic heterocycles. The number of carbonyl (C=O) groups excluding carboxylic acids is 1. The van der Waals surface area contributed by atoms with Gasteiger partial charge in [-0.2, -0.15) is 4.98 Å². The highest BCUT2D eigenvalue weighted by atomic mass is 35.5. The van der Waals surface area contributed by atoms with Crippen molar-refractivity contribution in [2.75, 3.05) is 13.1 Å². The summed E-state index contributed by atoms with van der Waals surface area (Å²) in [4.78, 5) is 21.7. The first-order chi connectivity index (χ1) is 9.74. The Morgan fingerprint density at radius 2 is 2.19 bits per heavy atom. The fraction of sp³-hybridized carbons (Fsp3) is 0.643. The van der Waals surface area contributed by atoms with Gasteiger partial charge in [-0.1, -0.05) is 11.6 Å². The lowest BCUT2D eigenvalue weighted by Gasteiger charge is -2.24. The summed E-state index contributed by atoms with van der Waals surface area (Å²) in [6.07, 6.45) is 1.87. The summed E-state index contributed by atoms with van der Waals surface area (Å²) < 4.78 is 11.0. The number of likely N-dealkylation sites (tertiary alicyclic amines) is 1. The predicted octanol–water partition coefficient (Wildman–Crippen LogP) is 2.83. The minimum atomic E-state index is -0.496. The fourth-order valence-electron chi connectivity index (χ4n) is 1.93. The first kappa shape index (κ1) is 15.8. The number of aromatic nitrogens is 2. The Balaban J connectivity index is 1.90. The van der Waals surface area contributed by atoms with E-state index in [-0.39, 0.29) is 18.2 Å². The normalized spacial score (nSPS) is 18.7.